The van der Waals surface area contributed by atoms with Crippen LogP contribution < -0.4 is 5.19 Å². The number of nitrogens with zero attached hydrogens (tertiary/aromatic N) is 2. The smallest absolute Gasteiger partial charge is 0.123 e. The molecular weight excluding hydrogens is 812 g/mol. The molecule has 0 amide bonds. The van der Waals surface area contributed by atoms with Gasteiger partial charge in [0.15, 0.2) is 0 Å². The van der Waals surface area contributed by atoms with Gasteiger partial charge in [-0.05, 0) is 63.8 Å². The molecule has 7 rings (SSSR count). The van der Waals surface area contributed by atoms with Crippen LogP contribution in [-0.2, 0) is 20.1 Å². The minimum Gasteiger partial charge on any atom is -0.501 e. The maximum atomic E-state index is 13.3. The molecular formula is C44H43FIrN2OSi-2. The molecule has 3 aromatic heterocycles. The maximum absolute atomic E-state index is 13.3. The van der Waals surface area contributed by atoms with E-state index in [0.29, 0.717) is 0 Å². The van der Waals surface area contributed by atoms with E-state index in [0.717, 1.165) is 66.7 Å². The molecule has 0 aliphatic rings. The largest absolute Gasteiger partial charge is 0.501 e. The second-order valence-corrected chi connectivity index (χ2v) is 18.7. The second-order valence-electron chi connectivity index (χ2n) is 13.7. The Morgan fingerprint density at radius 1 is 0.800 bits per heavy atom. The zero-order valence-electron chi connectivity index (χ0n) is 34.3. The minimum atomic E-state index is -2.13. The first-order valence-electron chi connectivity index (χ1n) is 18.8. The van der Waals surface area contributed by atoms with Gasteiger partial charge in [0.05, 0.1) is 13.7 Å². The zero-order chi connectivity index (χ0) is 39.2. The molecule has 257 valence electrons. The molecule has 6 heteroatoms. The Morgan fingerprint density at radius 3 is 2.22 bits per heavy atom. The van der Waals surface area contributed by atoms with Crippen molar-refractivity contribution in [1.29, 1.82) is 0 Å². The van der Waals surface area contributed by atoms with Crippen LogP contribution in [-0.4, -0.2) is 18.0 Å². The fourth-order valence-electron chi connectivity index (χ4n) is 5.83. The van der Waals surface area contributed by atoms with E-state index in [1.807, 2.05) is 82.4 Å². The molecule has 3 heterocycles. The van der Waals surface area contributed by atoms with E-state index in [2.05, 4.69) is 41.7 Å². The van der Waals surface area contributed by atoms with Gasteiger partial charge in [-0.25, -0.2) is 4.39 Å². The zero-order valence-corrected chi connectivity index (χ0v) is 32.7. The van der Waals surface area contributed by atoms with Gasteiger partial charge in [0.25, 0.3) is 0 Å². The van der Waals surface area contributed by atoms with Crippen LogP contribution in [0.3, 0.4) is 0 Å². The molecule has 0 fully saturated rings. The molecule has 1 radical (unpaired) electrons. The summed E-state index contributed by atoms with van der Waals surface area (Å²) in [5.41, 5.74) is 8.48. The fraction of sp³-hybridized carbons (Fsp3) is 0.227. The standard InChI is InChI=1S/C26H19FNO.C18H24NSi.Ir/c1-16(2)18-12-13-28-24(14-18)23-5-3-4-22-21-11-8-19(15-25(21)29-26(22)23)17-6-9-20(27)10-7-17;1-13(2)16-11-17(15-9-7-14(3)8-10-15)19-12-18(16)20(4,5)6;/h3-4,6-16H,1-2H3;7-9,11-13H,1-6H3;/q2*-1;/i16D;3D3,13D;. The molecule has 7 aromatic rings. The average molecular weight is 860 g/mol. The first kappa shape index (κ1) is 30.6. The first-order valence-corrected chi connectivity index (χ1v) is 19.8. The van der Waals surface area contributed by atoms with E-state index < -0.39 is 26.7 Å². The van der Waals surface area contributed by atoms with Gasteiger partial charge in [-0.2, -0.15) is 0 Å². The van der Waals surface area contributed by atoms with Gasteiger partial charge in [-0.3, -0.25) is 0 Å². The van der Waals surface area contributed by atoms with Crippen molar-refractivity contribution in [1.82, 2.24) is 9.97 Å². The van der Waals surface area contributed by atoms with Gasteiger partial charge in [0.1, 0.15) is 11.4 Å². The Balaban J connectivity index is 0.000000213. The number of aryl methyl sites for hydroxylation is 1. The van der Waals surface area contributed by atoms with Gasteiger partial charge in [0, 0.05) is 44.7 Å². The van der Waals surface area contributed by atoms with Crippen molar-refractivity contribution < 1.29 is 35.8 Å². The Bertz CT molecular complexity index is 2440. The normalized spacial score (nSPS) is 13.6. The number of aromatic nitrogens is 2. The summed E-state index contributed by atoms with van der Waals surface area (Å²) in [6.07, 6.45) is 3.61. The molecule has 0 saturated carbocycles. The summed E-state index contributed by atoms with van der Waals surface area (Å²) in [7, 11) is -1.61. The van der Waals surface area contributed by atoms with Gasteiger partial charge in [-0.1, -0.05) is 113 Å². The predicted molar refractivity (Wildman–Crippen MR) is 206 cm³/mol. The van der Waals surface area contributed by atoms with Gasteiger partial charge in [0.2, 0.25) is 0 Å². The second kappa shape index (κ2) is 15.3. The maximum Gasteiger partial charge on any atom is 0.123 e. The van der Waals surface area contributed by atoms with Crippen molar-refractivity contribution in [3.05, 3.63) is 138 Å². The van der Waals surface area contributed by atoms with Crippen LogP contribution in [0.4, 0.5) is 4.39 Å². The van der Waals surface area contributed by atoms with Crippen LogP contribution in [0, 0.1) is 24.8 Å². The third-order valence-corrected chi connectivity index (χ3v) is 10.6. The van der Waals surface area contributed by atoms with E-state index in [-0.39, 0.29) is 31.5 Å². The number of benzene rings is 4. The molecule has 0 saturated heterocycles. The van der Waals surface area contributed by atoms with Crippen LogP contribution in [0.15, 0.2) is 108 Å². The molecule has 0 atom stereocenters. The van der Waals surface area contributed by atoms with E-state index in [1.54, 1.807) is 30.5 Å². The summed E-state index contributed by atoms with van der Waals surface area (Å²) < 4.78 is 58.6. The molecule has 0 aliphatic carbocycles. The Hall–Kier alpha value is -4.22. The topological polar surface area (TPSA) is 38.9 Å². The minimum absolute atomic E-state index is 0. The number of fused-ring (bicyclic) bond motifs is 3. The van der Waals surface area contributed by atoms with Gasteiger partial charge >= 0.3 is 0 Å². The summed E-state index contributed by atoms with van der Waals surface area (Å²) in [4.78, 5) is 9.07. The number of hydrogen-bond donors (Lipinski definition) is 0. The molecule has 50 heavy (non-hydrogen) atoms. The monoisotopic (exact) mass is 860 g/mol. The van der Waals surface area contributed by atoms with Crippen molar-refractivity contribution in [2.45, 2.75) is 66.0 Å². The molecule has 0 bridgehead atoms. The van der Waals surface area contributed by atoms with Crippen molar-refractivity contribution in [3.63, 3.8) is 0 Å². The molecule has 0 spiro atoms. The molecule has 0 unspecified atom stereocenters. The third-order valence-electron chi connectivity index (χ3n) is 8.54. The quantitative estimate of drug-likeness (QED) is 0.124. The van der Waals surface area contributed by atoms with Crippen LogP contribution in [0.1, 0.15) is 63.0 Å². The van der Waals surface area contributed by atoms with Gasteiger partial charge < -0.3 is 14.4 Å². The summed E-state index contributed by atoms with van der Waals surface area (Å²) >= 11 is 0. The van der Waals surface area contributed by atoms with Crippen LogP contribution in [0.25, 0.3) is 55.6 Å². The van der Waals surface area contributed by atoms with Gasteiger partial charge in [-0.15, -0.1) is 53.6 Å². The average Bonchev–Trinajstić information content (AvgIpc) is 3.49. The molecule has 4 aromatic carbocycles. The van der Waals surface area contributed by atoms with Crippen LogP contribution >= 0.6 is 0 Å². The fourth-order valence-corrected chi connectivity index (χ4v) is 7.41. The number of hydrogen-bond acceptors (Lipinski definition) is 3. The van der Waals surface area contributed by atoms with Crippen LogP contribution in [0.2, 0.25) is 19.6 Å². The Labute approximate surface area is 317 Å². The SMILES string of the molecule is [2H]C(C)(C)c1ccnc(-c2[c-]ccc3c2oc2cc(-c4ccc(F)cc4)ccc23)c1.[2H]C([2H])([2H])c1c[c-]c(-c2cc(C([2H])(C)C)c([Si](C)(C)C)cn2)cc1.[Ir]. The van der Waals surface area contributed by atoms with Crippen molar-refractivity contribution in [2.75, 3.05) is 0 Å². The van der Waals surface area contributed by atoms with E-state index >= 15 is 0 Å². The van der Waals surface area contributed by atoms with E-state index in [4.69, 9.17) is 11.3 Å². The Morgan fingerprint density at radius 2 is 1.56 bits per heavy atom. The number of furan rings is 1. The summed E-state index contributed by atoms with van der Waals surface area (Å²) in [6.45, 7) is 12.1. The molecule has 0 N–H and O–H groups in total. The summed E-state index contributed by atoms with van der Waals surface area (Å²) in [5, 5.41) is 3.18. The van der Waals surface area contributed by atoms with Crippen molar-refractivity contribution >= 4 is 35.2 Å². The first-order chi connectivity index (χ1) is 25.2. The van der Waals surface area contributed by atoms with Crippen molar-refractivity contribution in [3.8, 4) is 33.6 Å². The predicted octanol–water partition coefficient (Wildman–Crippen LogP) is 11.9. The number of rotatable bonds is 6. The molecule has 0 aliphatic heterocycles. The van der Waals surface area contributed by atoms with Crippen LogP contribution in [0.5, 0.6) is 0 Å². The number of halogens is 1. The molecule has 3 nitrogen and oxygen atoms in total. The third kappa shape index (κ3) is 8.05. The summed E-state index contributed by atoms with van der Waals surface area (Å²) in [6, 6.07) is 33.2. The number of pyridine rings is 2. The Kier molecular flexibility index (Phi) is 9.39. The summed E-state index contributed by atoms with van der Waals surface area (Å²) in [5.74, 6) is -1.69. The van der Waals surface area contributed by atoms with E-state index in [1.165, 1.54) is 23.4 Å². The van der Waals surface area contributed by atoms with E-state index in [9.17, 15) is 4.39 Å². The van der Waals surface area contributed by atoms with Crippen molar-refractivity contribution in [2.24, 2.45) is 0 Å².